The number of likely N-dealkylation sites (tertiary alicyclic amines) is 1. The molecule has 1 heterocycles. The van der Waals surface area contributed by atoms with Crippen LogP contribution in [0.2, 0.25) is 0 Å². The van der Waals surface area contributed by atoms with E-state index in [1.165, 1.54) is 0 Å². The maximum atomic E-state index is 11.3. The first-order chi connectivity index (χ1) is 5.25. The number of carbonyl (C=O) groups is 1. The maximum Gasteiger partial charge on any atom is 0.239 e. The van der Waals surface area contributed by atoms with E-state index in [-0.39, 0.29) is 11.9 Å². The molecule has 64 valence electrons. The minimum atomic E-state index is -0.250. The van der Waals surface area contributed by atoms with Crippen molar-refractivity contribution in [2.45, 2.75) is 32.2 Å². The van der Waals surface area contributed by atoms with Gasteiger partial charge in [0.1, 0.15) is 0 Å². The van der Waals surface area contributed by atoms with Gasteiger partial charge in [-0.2, -0.15) is 0 Å². The van der Waals surface area contributed by atoms with Crippen molar-refractivity contribution in [2.24, 2.45) is 5.73 Å². The van der Waals surface area contributed by atoms with Gasteiger partial charge in [-0.1, -0.05) is 13.3 Å². The highest BCUT2D eigenvalue weighted by Crippen LogP contribution is 2.08. The fraction of sp³-hybridized carbons (Fsp3) is 0.875. The topological polar surface area (TPSA) is 46.3 Å². The summed E-state index contributed by atoms with van der Waals surface area (Å²) in [5, 5.41) is 0. The molecule has 1 atom stereocenters. The van der Waals surface area contributed by atoms with Crippen molar-refractivity contribution in [3.8, 4) is 0 Å². The molecule has 0 aromatic carbocycles. The number of nitrogens with zero attached hydrogens (tertiary/aromatic N) is 1. The molecule has 0 aliphatic carbocycles. The Labute approximate surface area is 67.5 Å². The summed E-state index contributed by atoms with van der Waals surface area (Å²) in [6, 6.07) is -0.250. The third-order valence-corrected chi connectivity index (χ3v) is 2.08. The molecule has 3 heteroatoms. The second-order valence-corrected chi connectivity index (χ2v) is 3.07. The third kappa shape index (κ3) is 1.93. The van der Waals surface area contributed by atoms with E-state index < -0.39 is 0 Å². The quantitative estimate of drug-likeness (QED) is 0.640. The molecule has 0 aromatic heterocycles. The van der Waals surface area contributed by atoms with Crippen molar-refractivity contribution in [3.63, 3.8) is 0 Å². The molecule has 0 aromatic rings. The minimum absolute atomic E-state index is 0.137. The van der Waals surface area contributed by atoms with Crippen LogP contribution in [0, 0.1) is 0 Å². The molecule has 0 radical (unpaired) electrons. The highest BCUT2D eigenvalue weighted by molar-refractivity contribution is 5.82. The monoisotopic (exact) mass is 156 g/mol. The van der Waals surface area contributed by atoms with Gasteiger partial charge < -0.3 is 10.6 Å². The van der Waals surface area contributed by atoms with Crippen LogP contribution in [0.15, 0.2) is 0 Å². The van der Waals surface area contributed by atoms with Gasteiger partial charge in [0.2, 0.25) is 5.91 Å². The molecule has 3 nitrogen and oxygen atoms in total. The van der Waals surface area contributed by atoms with Crippen molar-refractivity contribution >= 4 is 5.91 Å². The van der Waals surface area contributed by atoms with E-state index in [2.05, 4.69) is 0 Å². The van der Waals surface area contributed by atoms with Crippen LogP contribution < -0.4 is 5.73 Å². The lowest BCUT2D eigenvalue weighted by atomic mass is 10.1. The van der Waals surface area contributed by atoms with E-state index in [1.54, 1.807) is 0 Å². The van der Waals surface area contributed by atoms with Crippen LogP contribution in [0.4, 0.5) is 0 Å². The van der Waals surface area contributed by atoms with Crippen molar-refractivity contribution in [1.82, 2.24) is 4.90 Å². The molecule has 0 bridgehead atoms. The Morgan fingerprint density at radius 1 is 1.64 bits per heavy atom. The number of hydrogen-bond acceptors (Lipinski definition) is 2. The summed E-state index contributed by atoms with van der Waals surface area (Å²) < 4.78 is 0. The number of amides is 1. The van der Waals surface area contributed by atoms with Crippen molar-refractivity contribution in [3.05, 3.63) is 0 Å². The first kappa shape index (κ1) is 8.53. The summed E-state index contributed by atoms with van der Waals surface area (Å²) in [5.74, 6) is 0.137. The van der Waals surface area contributed by atoms with Crippen LogP contribution in [0.25, 0.3) is 0 Å². The Kier molecular flexibility index (Phi) is 2.88. The van der Waals surface area contributed by atoms with Gasteiger partial charge in [-0.05, 0) is 12.8 Å². The molecule has 2 N–H and O–H groups in total. The van der Waals surface area contributed by atoms with Gasteiger partial charge in [-0.25, -0.2) is 0 Å². The van der Waals surface area contributed by atoms with Crippen LogP contribution in [0.3, 0.4) is 0 Å². The average molecular weight is 156 g/mol. The number of hydrogen-bond donors (Lipinski definition) is 1. The summed E-state index contributed by atoms with van der Waals surface area (Å²) in [7, 11) is 0. The predicted molar refractivity (Wildman–Crippen MR) is 44.1 cm³/mol. The van der Waals surface area contributed by atoms with Crippen molar-refractivity contribution in [1.29, 1.82) is 0 Å². The van der Waals surface area contributed by atoms with Gasteiger partial charge in [0.15, 0.2) is 0 Å². The van der Waals surface area contributed by atoms with E-state index in [0.29, 0.717) is 0 Å². The summed E-state index contributed by atoms with van der Waals surface area (Å²) in [6.07, 6.45) is 2.95. The Morgan fingerprint density at radius 2 is 2.27 bits per heavy atom. The van der Waals surface area contributed by atoms with Crippen LogP contribution in [-0.4, -0.2) is 29.9 Å². The molecule has 0 saturated carbocycles. The molecule has 1 unspecified atom stereocenters. The number of nitrogens with two attached hydrogens (primary N) is 1. The Morgan fingerprint density at radius 3 is 2.64 bits per heavy atom. The molecule has 1 amide bonds. The highest BCUT2D eigenvalue weighted by Gasteiger charge is 2.24. The molecule has 1 rings (SSSR count). The lowest BCUT2D eigenvalue weighted by Gasteiger charge is -2.32. The zero-order chi connectivity index (χ0) is 8.27. The van der Waals surface area contributed by atoms with E-state index in [4.69, 9.17) is 5.73 Å². The zero-order valence-electron chi connectivity index (χ0n) is 7.05. The second-order valence-electron chi connectivity index (χ2n) is 3.07. The second kappa shape index (κ2) is 3.72. The van der Waals surface area contributed by atoms with Gasteiger partial charge in [-0.3, -0.25) is 4.79 Å². The van der Waals surface area contributed by atoms with E-state index in [1.807, 2.05) is 11.8 Å². The zero-order valence-corrected chi connectivity index (χ0v) is 7.05. The van der Waals surface area contributed by atoms with Crippen LogP contribution >= 0.6 is 0 Å². The first-order valence-corrected chi connectivity index (χ1v) is 4.30. The summed E-state index contributed by atoms with van der Waals surface area (Å²) in [6.45, 7) is 3.87. The molecule has 1 fully saturated rings. The lowest BCUT2D eigenvalue weighted by molar-refractivity contribution is -0.136. The van der Waals surface area contributed by atoms with Gasteiger partial charge in [0, 0.05) is 13.1 Å². The van der Waals surface area contributed by atoms with E-state index in [0.717, 1.165) is 32.4 Å². The van der Waals surface area contributed by atoms with Crippen LogP contribution in [0.1, 0.15) is 26.2 Å². The van der Waals surface area contributed by atoms with Gasteiger partial charge >= 0.3 is 0 Å². The summed E-state index contributed by atoms with van der Waals surface area (Å²) in [4.78, 5) is 13.1. The van der Waals surface area contributed by atoms with Gasteiger partial charge in [-0.15, -0.1) is 0 Å². The number of carbonyl (C=O) groups excluding carboxylic acids is 1. The highest BCUT2D eigenvalue weighted by atomic mass is 16.2. The lowest BCUT2D eigenvalue weighted by Crippen LogP contribution is -2.50. The van der Waals surface area contributed by atoms with E-state index >= 15 is 0 Å². The molecule has 0 spiro atoms. The predicted octanol–water partition coefficient (Wildman–Crippen LogP) is 0.346. The fourth-order valence-electron chi connectivity index (χ4n) is 1.21. The Bertz CT molecular complexity index is 143. The van der Waals surface area contributed by atoms with Crippen LogP contribution in [-0.2, 0) is 4.79 Å². The molecule has 1 aliphatic heterocycles. The Balaban J connectivity index is 2.27. The fourth-order valence-corrected chi connectivity index (χ4v) is 1.21. The Hall–Kier alpha value is -0.570. The largest absolute Gasteiger partial charge is 0.341 e. The summed E-state index contributed by atoms with van der Waals surface area (Å²) >= 11 is 0. The standard InChI is InChI=1S/C8H16N2O/c1-2-4-7(9)8(11)10-5-3-6-10/h7H,2-6,9H2,1H3. The molecule has 11 heavy (non-hydrogen) atoms. The number of rotatable bonds is 3. The molecular weight excluding hydrogens is 140 g/mol. The van der Waals surface area contributed by atoms with Crippen LogP contribution in [0.5, 0.6) is 0 Å². The molecule has 1 saturated heterocycles. The normalized spacial score (nSPS) is 19.3. The SMILES string of the molecule is CCCC(N)C(=O)N1CCC1. The van der Waals surface area contributed by atoms with Crippen molar-refractivity contribution < 1.29 is 4.79 Å². The molecule has 1 aliphatic rings. The summed E-state index contributed by atoms with van der Waals surface area (Å²) in [5.41, 5.74) is 5.65. The maximum absolute atomic E-state index is 11.3. The van der Waals surface area contributed by atoms with E-state index in [9.17, 15) is 4.79 Å². The third-order valence-electron chi connectivity index (χ3n) is 2.08. The van der Waals surface area contributed by atoms with Gasteiger partial charge in [0.05, 0.1) is 6.04 Å². The smallest absolute Gasteiger partial charge is 0.239 e. The molecular formula is C8H16N2O. The van der Waals surface area contributed by atoms with Crippen molar-refractivity contribution in [2.75, 3.05) is 13.1 Å². The van der Waals surface area contributed by atoms with Gasteiger partial charge in [0.25, 0.3) is 0 Å². The minimum Gasteiger partial charge on any atom is -0.341 e. The average Bonchev–Trinajstić information content (AvgIpc) is 1.84. The first-order valence-electron chi connectivity index (χ1n) is 4.30.